The fraction of sp³-hybridized carbons (Fsp3) is 0.0323. The maximum absolute atomic E-state index is 13.1. The van der Waals surface area contributed by atoms with Crippen molar-refractivity contribution in [2.24, 2.45) is 0 Å². The molecule has 4 aromatic rings. The van der Waals surface area contributed by atoms with Crippen LogP contribution in [-0.4, -0.2) is 35.1 Å². The summed E-state index contributed by atoms with van der Waals surface area (Å²) in [5.41, 5.74) is 0.926. The molecule has 0 bridgehead atoms. The van der Waals surface area contributed by atoms with Crippen LogP contribution in [0.3, 0.4) is 0 Å². The second-order valence-corrected chi connectivity index (χ2v) is 8.89. The van der Waals surface area contributed by atoms with Crippen molar-refractivity contribution in [2.45, 2.75) is 6.42 Å². The Bertz CT molecular complexity index is 1680. The summed E-state index contributed by atoms with van der Waals surface area (Å²) < 4.78 is 10.6. The summed E-state index contributed by atoms with van der Waals surface area (Å²) in [5.74, 6) is -4.12. The number of carbonyl (C=O) groups excluding carboxylic acids is 6. The van der Waals surface area contributed by atoms with Crippen LogP contribution in [0.25, 0.3) is 0 Å². The monoisotopic (exact) mass is 540 g/mol. The van der Waals surface area contributed by atoms with Crippen LogP contribution in [0.2, 0.25) is 0 Å². The number of benzene rings is 4. The zero-order valence-corrected chi connectivity index (χ0v) is 23.1. The van der Waals surface area contributed by atoms with Crippen LogP contribution < -0.4 is 39.0 Å². The molecule has 2 aliphatic rings. The quantitative estimate of drug-likeness (QED) is 0.142. The van der Waals surface area contributed by atoms with E-state index in [0.29, 0.717) is 0 Å². The third-order valence-electron chi connectivity index (χ3n) is 6.56. The van der Waals surface area contributed by atoms with Gasteiger partial charge in [0.1, 0.15) is 17.9 Å². The minimum Gasteiger partial charge on any atom is -1.00 e. The molecule has 0 radical (unpaired) electrons. The molecule has 2 aliphatic carbocycles. The van der Waals surface area contributed by atoms with Gasteiger partial charge in [0.15, 0.2) is 23.1 Å². The van der Waals surface area contributed by atoms with Gasteiger partial charge in [-0.15, -0.1) is 0 Å². The van der Waals surface area contributed by atoms with Crippen molar-refractivity contribution in [3.8, 4) is 11.5 Å². The Morgan fingerprint density at radius 3 is 1.18 bits per heavy atom. The predicted octanol–water partition coefficient (Wildman–Crippen LogP) is 1.25. The number of ether oxygens (including phenoxy) is 2. The number of fused-ring (bicyclic) bond motifs is 4. The van der Waals surface area contributed by atoms with Crippen molar-refractivity contribution in [2.75, 3.05) is 0 Å². The topological polar surface area (TPSA) is 121 Å². The molecule has 6 rings (SSSR count). The van der Waals surface area contributed by atoms with Crippen LogP contribution >= 0.6 is 0 Å². The van der Waals surface area contributed by atoms with Gasteiger partial charge in [-0.2, -0.15) is 0 Å². The van der Waals surface area contributed by atoms with Gasteiger partial charge in [-0.05, 0) is 12.1 Å². The second kappa shape index (κ2) is 10.6. The molecule has 190 valence electrons. The fourth-order valence-corrected chi connectivity index (χ4v) is 4.83. The van der Waals surface area contributed by atoms with Crippen molar-refractivity contribution >= 4 is 35.1 Å². The molecule has 0 saturated carbocycles. The summed E-state index contributed by atoms with van der Waals surface area (Å²) in [7, 11) is 0. The van der Waals surface area contributed by atoms with Gasteiger partial charge in [-0.25, -0.2) is 0 Å². The molecule has 4 aromatic carbocycles. The van der Waals surface area contributed by atoms with Gasteiger partial charge in [0.2, 0.25) is 0 Å². The average molecular weight is 540 g/mol. The summed E-state index contributed by atoms with van der Waals surface area (Å²) in [6, 6.07) is 21.2. The molecule has 40 heavy (non-hydrogen) atoms. The van der Waals surface area contributed by atoms with E-state index in [0.717, 1.165) is 0 Å². The van der Waals surface area contributed by atoms with Crippen molar-refractivity contribution in [3.63, 3.8) is 0 Å². The molecule has 0 heterocycles. The van der Waals surface area contributed by atoms with Gasteiger partial charge >= 0.3 is 41.5 Å². The van der Waals surface area contributed by atoms with Crippen molar-refractivity contribution in [3.05, 3.63) is 129 Å². The third kappa shape index (κ3) is 4.42. The molecular weight excluding hydrogens is 523 g/mol. The van der Waals surface area contributed by atoms with Crippen LogP contribution in [0, 0.1) is 0 Å². The van der Waals surface area contributed by atoms with Crippen LogP contribution in [0.5, 0.6) is 11.5 Å². The number of ketones is 4. The first-order valence-corrected chi connectivity index (χ1v) is 11.9. The van der Waals surface area contributed by atoms with Crippen molar-refractivity contribution in [1.29, 1.82) is 0 Å². The first kappa shape index (κ1) is 27.1. The number of hydrogen-bond acceptors (Lipinski definition) is 8. The Kier molecular flexibility index (Phi) is 7.16. The number of esters is 2. The maximum Gasteiger partial charge on any atom is 1.00 e. The van der Waals surface area contributed by atoms with E-state index in [1.54, 1.807) is 36.4 Å². The van der Waals surface area contributed by atoms with E-state index in [1.165, 1.54) is 48.5 Å². The molecule has 0 amide bonds. The Balaban J connectivity index is 0.00000194. The van der Waals surface area contributed by atoms with E-state index in [4.69, 9.17) is 9.47 Å². The van der Waals surface area contributed by atoms with Crippen LogP contribution in [0.15, 0.2) is 84.9 Å². The molecule has 0 aliphatic heterocycles. The SMILES string of the molecule is O=C(CC(=O)Oc1cccc2c1C(=O)c1ccccc1C2=O)Oc1cccc2c1C(=O)c1ccccc1C2=O.[H-].[Na+]. The van der Waals surface area contributed by atoms with Gasteiger partial charge in [-0.1, -0.05) is 72.8 Å². The zero-order chi connectivity index (χ0) is 27.3. The van der Waals surface area contributed by atoms with E-state index >= 15 is 0 Å². The molecule has 0 N–H and O–H groups in total. The summed E-state index contributed by atoms with van der Waals surface area (Å²) in [5, 5.41) is 0. The van der Waals surface area contributed by atoms with Gasteiger partial charge in [0.05, 0.1) is 11.1 Å². The zero-order valence-electron chi connectivity index (χ0n) is 22.1. The normalized spacial score (nSPS) is 12.8. The van der Waals surface area contributed by atoms with Gasteiger partial charge in [-0.3, -0.25) is 28.8 Å². The summed E-state index contributed by atoms with van der Waals surface area (Å²) >= 11 is 0. The van der Waals surface area contributed by atoms with E-state index in [9.17, 15) is 28.8 Å². The third-order valence-corrected chi connectivity index (χ3v) is 6.56. The second-order valence-electron chi connectivity index (χ2n) is 8.89. The predicted molar refractivity (Wildman–Crippen MR) is 136 cm³/mol. The Morgan fingerprint density at radius 2 is 0.800 bits per heavy atom. The molecule has 0 atom stereocenters. The largest absolute Gasteiger partial charge is 1.00 e. The minimum absolute atomic E-state index is 0. The number of rotatable bonds is 4. The molecule has 0 spiro atoms. The molecule has 0 saturated heterocycles. The summed E-state index contributed by atoms with van der Waals surface area (Å²) in [6.45, 7) is 0. The number of hydrogen-bond donors (Lipinski definition) is 0. The van der Waals surface area contributed by atoms with Crippen molar-refractivity contribution in [1.82, 2.24) is 0 Å². The standard InChI is InChI=1S/C31H16O8.Na.H/c32-24(38-22-13-5-11-20-26(22)30(36)18-9-3-1-7-16(18)28(20)34)15-25(33)39-23-14-6-12-21-27(23)31(37)19-10-4-2-8-17(19)29(21)35;;/h1-14H,15H2;;/q;+1;-1. The van der Waals surface area contributed by atoms with Gasteiger partial charge < -0.3 is 10.9 Å². The number of carbonyl (C=O) groups is 6. The molecular formula is C31H17NaO8. The van der Waals surface area contributed by atoms with E-state index in [1.807, 2.05) is 0 Å². The van der Waals surface area contributed by atoms with Crippen LogP contribution in [0.1, 0.15) is 71.5 Å². The van der Waals surface area contributed by atoms with Gasteiger partial charge in [0.25, 0.3) is 0 Å². The molecule has 0 unspecified atom stereocenters. The first-order chi connectivity index (χ1) is 18.8. The minimum atomic E-state index is -1.04. The van der Waals surface area contributed by atoms with E-state index in [-0.39, 0.29) is 98.6 Å². The van der Waals surface area contributed by atoms with Crippen LogP contribution in [-0.2, 0) is 9.59 Å². The first-order valence-electron chi connectivity index (χ1n) is 11.9. The van der Waals surface area contributed by atoms with Crippen molar-refractivity contribution < 1.29 is 69.2 Å². The van der Waals surface area contributed by atoms with Crippen LogP contribution in [0.4, 0.5) is 0 Å². The Hall–Kier alpha value is -4.50. The molecule has 0 aromatic heterocycles. The Morgan fingerprint density at radius 1 is 0.475 bits per heavy atom. The van der Waals surface area contributed by atoms with E-state index in [2.05, 4.69) is 0 Å². The summed E-state index contributed by atoms with van der Waals surface area (Å²) in [4.78, 5) is 77.3. The van der Waals surface area contributed by atoms with Gasteiger partial charge in [0, 0.05) is 33.4 Å². The van der Waals surface area contributed by atoms with E-state index < -0.39 is 29.9 Å². The smallest absolute Gasteiger partial charge is 1.00 e. The molecule has 0 fully saturated rings. The molecule has 8 nitrogen and oxygen atoms in total. The Labute approximate surface area is 250 Å². The average Bonchev–Trinajstić information content (AvgIpc) is 2.94. The summed E-state index contributed by atoms with van der Waals surface area (Å²) in [6.07, 6.45) is -0.856. The molecule has 9 heteroatoms. The fourth-order valence-electron chi connectivity index (χ4n) is 4.83. The maximum atomic E-state index is 13.1.